The molecular weight excluding hydrogens is 404 g/mol. The summed E-state index contributed by atoms with van der Waals surface area (Å²) in [5, 5.41) is 3.17. The number of fused-ring (bicyclic) bond motifs is 2. The summed E-state index contributed by atoms with van der Waals surface area (Å²) in [6, 6.07) is 21.2. The molecule has 0 saturated heterocycles. The molecule has 4 rings (SSSR count). The minimum absolute atomic E-state index is 0.0379. The Balaban J connectivity index is 1.59. The van der Waals surface area contributed by atoms with E-state index < -0.39 is 5.92 Å². The average Bonchev–Trinajstić information content (AvgIpc) is 2.82. The number of hydrogen-bond acceptors (Lipinski definition) is 5. The quantitative estimate of drug-likeness (QED) is 0.601. The van der Waals surface area contributed by atoms with Crippen molar-refractivity contribution >= 4 is 5.91 Å². The molecule has 1 heterocycles. The molecule has 6 heteroatoms. The lowest BCUT2D eigenvalue weighted by atomic mass is 9.87. The summed E-state index contributed by atoms with van der Waals surface area (Å²) in [4.78, 5) is 15.6. The first-order valence-electron chi connectivity index (χ1n) is 10.5. The molecule has 1 aliphatic heterocycles. The van der Waals surface area contributed by atoms with Crippen LogP contribution < -0.4 is 19.5 Å². The van der Waals surface area contributed by atoms with Gasteiger partial charge in [0.25, 0.3) is 0 Å². The molecule has 0 aliphatic carbocycles. The van der Waals surface area contributed by atoms with Gasteiger partial charge in [-0.3, -0.25) is 4.79 Å². The van der Waals surface area contributed by atoms with Crippen LogP contribution in [0.15, 0.2) is 66.7 Å². The van der Waals surface area contributed by atoms with Crippen molar-refractivity contribution in [1.29, 1.82) is 0 Å². The third-order valence-corrected chi connectivity index (χ3v) is 5.83. The molecule has 0 fully saturated rings. The highest BCUT2D eigenvalue weighted by Crippen LogP contribution is 2.44. The maximum absolute atomic E-state index is 13.5. The first kappa shape index (κ1) is 21.7. The maximum Gasteiger partial charge on any atom is 0.232 e. The maximum atomic E-state index is 13.5. The van der Waals surface area contributed by atoms with Crippen molar-refractivity contribution in [2.24, 2.45) is 0 Å². The highest BCUT2D eigenvalue weighted by molar-refractivity contribution is 5.89. The number of benzene rings is 3. The van der Waals surface area contributed by atoms with E-state index in [1.807, 2.05) is 80.8 Å². The van der Waals surface area contributed by atoms with Crippen molar-refractivity contribution in [1.82, 2.24) is 10.2 Å². The molecule has 0 radical (unpaired) electrons. The van der Waals surface area contributed by atoms with E-state index in [1.165, 1.54) is 0 Å². The largest absolute Gasteiger partial charge is 0.493 e. The second kappa shape index (κ2) is 9.32. The number of rotatable bonds is 7. The fraction of sp³-hybridized carbons (Fsp3) is 0.269. The van der Waals surface area contributed by atoms with Gasteiger partial charge in [-0.25, -0.2) is 0 Å². The standard InChI is InChI=1S/C26H28N2O4/c1-28(2)20(17-13-14-23(30-3)24(15-17)31-4)16-27-26(29)25-18-9-5-7-11-21(18)32-22-12-8-6-10-19(22)25/h5-15,20,25H,16H2,1-4H3,(H,27,29)/t20-/m0/s1. The van der Waals surface area contributed by atoms with Gasteiger partial charge in [0.15, 0.2) is 11.5 Å². The van der Waals surface area contributed by atoms with Gasteiger partial charge in [-0.1, -0.05) is 42.5 Å². The topological polar surface area (TPSA) is 60.0 Å². The lowest BCUT2D eigenvalue weighted by molar-refractivity contribution is -0.122. The second-order valence-electron chi connectivity index (χ2n) is 7.95. The van der Waals surface area contributed by atoms with Crippen molar-refractivity contribution in [3.63, 3.8) is 0 Å². The van der Waals surface area contributed by atoms with Crippen LogP contribution in [0.2, 0.25) is 0 Å². The third-order valence-electron chi connectivity index (χ3n) is 5.83. The van der Waals surface area contributed by atoms with Crippen LogP contribution in [0, 0.1) is 0 Å². The number of nitrogens with zero attached hydrogens (tertiary/aromatic N) is 1. The summed E-state index contributed by atoms with van der Waals surface area (Å²) in [7, 11) is 7.22. The number of methoxy groups -OCH3 is 2. The van der Waals surface area contributed by atoms with Crippen LogP contribution in [0.1, 0.15) is 28.7 Å². The van der Waals surface area contributed by atoms with Crippen molar-refractivity contribution in [2.45, 2.75) is 12.0 Å². The molecule has 1 N–H and O–H groups in total. The van der Waals surface area contributed by atoms with Gasteiger partial charge in [0.1, 0.15) is 11.5 Å². The Hall–Kier alpha value is -3.51. The van der Waals surface area contributed by atoms with Crippen molar-refractivity contribution in [2.75, 3.05) is 34.9 Å². The lowest BCUT2D eigenvalue weighted by Gasteiger charge is -2.29. The van der Waals surface area contributed by atoms with Crippen LogP contribution in [-0.2, 0) is 4.79 Å². The number of ether oxygens (including phenoxy) is 3. The Morgan fingerprint density at radius 3 is 2.09 bits per heavy atom. The molecule has 0 spiro atoms. The smallest absolute Gasteiger partial charge is 0.232 e. The molecule has 6 nitrogen and oxygen atoms in total. The van der Waals surface area contributed by atoms with Gasteiger partial charge >= 0.3 is 0 Å². The van der Waals surface area contributed by atoms with Crippen LogP contribution in [0.3, 0.4) is 0 Å². The summed E-state index contributed by atoms with van der Waals surface area (Å²) in [6.07, 6.45) is 0. The van der Waals surface area contributed by atoms with E-state index in [2.05, 4.69) is 10.2 Å². The zero-order chi connectivity index (χ0) is 22.7. The molecule has 0 aromatic heterocycles. The van der Waals surface area contributed by atoms with E-state index in [4.69, 9.17) is 14.2 Å². The molecule has 0 unspecified atom stereocenters. The molecule has 1 aliphatic rings. The number of amides is 1. The Kier molecular flexibility index (Phi) is 6.32. The zero-order valence-electron chi connectivity index (χ0n) is 18.8. The number of nitrogens with one attached hydrogen (secondary N) is 1. The Bertz CT molecular complexity index is 1070. The highest BCUT2D eigenvalue weighted by Gasteiger charge is 2.32. The van der Waals surface area contributed by atoms with Gasteiger partial charge in [-0.05, 0) is 43.9 Å². The summed E-state index contributed by atoms with van der Waals surface area (Å²) in [5.74, 6) is 2.29. The van der Waals surface area contributed by atoms with Gasteiger partial charge in [0, 0.05) is 17.7 Å². The SMILES string of the molecule is COc1ccc([C@H](CNC(=O)C2c3ccccc3Oc3ccccc32)N(C)C)cc1OC. The van der Waals surface area contributed by atoms with Crippen molar-refractivity contribution in [3.8, 4) is 23.0 Å². The minimum atomic E-state index is -0.427. The predicted octanol–water partition coefficient (Wildman–Crippen LogP) is 4.36. The lowest BCUT2D eigenvalue weighted by Crippen LogP contribution is -2.38. The van der Waals surface area contributed by atoms with E-state index in [-0.39, 0.29) is 11.9 Å². The van der Waals surface area contributed by atoms with Crippen LogP contribution in [0.25, 0.3) is 0 Å². The van der Waals surface area contributed by atoms with E-state index in [0.717, 1.165) is 28.2 Å². The second-order valence-corrected chi connectivity index (χ2v) is 7.95. The molecule has 1 atom stereocenters. The summed E-state index contributed by atoms with van der Waals surface area (Å²) in [6.45, 7) is 0.447. The number of hydrogen-bond donors (Lipinski definition) is 1. The van der Waals surface area contributed by atoms with Gasteiger partial charge in [0.05, 0.1) is 26.2 Å². The van der Waals surface area contributed by atoms with Gasteiger partial charge in [0.2, 0.25) is 5.91 Å². The van der Waals surface area contributed by atoms with Gasteiger partial charge in [-0.15, -0.1) is 0 Å². The number of carbonyl (C=O) groups is 1. The van der Waals surface area contributed by atoms with Gasteiger partial charge < -0.3 is 24.4 Å². The average molecular weight is 433 g/mol. The molecule has 32 heavy (non-hydrogen) atoms. The highest BCUT2D eigenvalue weighted by atomic mass is 16.5. The van der Waals surface area contributed by atoms with Crippen LogP contribution in [-0.4, -0.2) is 45.7 Å². The number of para-hydroxylation sites is 2. The normalized spacial score (nSPS) is 13.5. The zero-order valence-corrected chi connectivity index (χ0v) is 18.8. The molecule has 0 saturated carbocycles. The Morgan fingerprint density at radius 2 is 1.53 bits per heavy atom. The minimum Gasteiger partial charge on any atom is -0.493 e. The third kappa shape index (κ3) is 4.14. The number of likely N-dealkylation sites (N-methyl/N-ethyl adjacent to an activating group) is 1. The van der Waals surface area contributed by atoms with E-state index in [1.54, 1.807) is 14.2 Å². The van der Waals surface area contributed by atoms with Gasteiger partial charge in [-0.2, -0.15) is 0 Å². The van der Waals surface area contributed by atoms with Crippen LogP contribution in [0.4, 0.5) is 0 Å². The molecule has 1 amide bonds. The van der Waals surface area contributed by atoms with E-state index in [0.29, 0.717) is 18.0 Å². The Morgan fingerprint density at radius 1 is 0.938 bits per heavy atom. The molecular formula is C26H28N2O4. The monoisotopic (exact) mass is 432 g/mol. The molecule has 166 valence electrons. The molecule has 0 bridgehead atoms. The van der Waals surface area contributed by atoms with Crippen molar-refractivity contribution in [3.05, 3.63) is 83.4 Å². The van der Waals surface area contributed by atoms with Crippen LogP contribution >= 0.6 is 0 Å². The van der Waals surface area contributed by atoms with E-state index >= 15 is 0 Å². The Labute approximate surface area is 188 Å². The predicted molar refractivity (Wildman–Crippen MR) is 124 cm³/mol. The number of carbonyl (C=O) groups excluding carboxylic acids is 1. The summed E-state index contributed by atoms with van der Waals surface area (Å²) < 4.78 is 16.8. The first-order chi connectivity index (χ1) is 15.5. The fourth-order valence-corrected chi connectivity index (χ4v) is 4.15. The fourth-order valence-electron chi connectivity index (χ4n) is 4.15. The van der Waals surface area contributed by atoms with E-state index in [9.17, 15) is 4.79 Å². The van der Waals surface area contributed by atoms with Crippen LogP contribution in [0.5, 0.6) is 23.0 Å². The van der Waals surface area contributed by atoms with Crippen molar-refractivity contribution < 1.29 is 19.0 Å². The molecule has 3 aromatic rings. The summed E-state index contributed by atoms with van der Waals surface area (Å²) >= 11 is 0. The molecule has 3 aromatic carbocycles. The first-order valence-corrected chi connectivity index (χ1v) is 10.5. The summed E-state index contributed by atoms with van der Waals surface area (Å²) in [5.41, 5.74) is 2.77.